The fraction of sp³-hybridized carbons (Fsp3) is 0.455. The summed E-state index contributed by atoms with van der Waals surface area (Å²) in [6.07, 6.45) is 1.42. The number of morpholine rings is 1. The highest BCUT2D eigenvalue weighted by Gasteiger charge is 2.31. The number of piperidine rings is 1. The van der Waals surface area contributed by atoms with Crippen LogP contribution in [0.2, 0.25) is 0 Å². The highest BCUT2D eigenvalue weighted by atomic mass is 32.2. The second-order valence-corrected chi connectivity index (χ2v) is 10.1. The minimum Gasteiger partial charge on any atom is -0.378 e. The molecule has 2 aromatic carbocycles. The van der Waals surface area contributed by atoms with E-state index in [0.29, 0.717) is 52.2 Å². The summed E-state index contributed by atoms with van der Waals surface area (Å²) in [5, 5.41) is 10.6. The first kappa shape index (κ1) is 23.3. The number of hydrogen-bond acceptors (Lipinski definition) is 5. The normalized spacial score (nSPS) is 17.8. The predicted octanol–water partition coefficient (Wildman–Crippen LogP) is 1.39. The van der Waals surface area contributed by atoms with E-state index in [-0.39, 0.29) is 29.3 Å². The van der Waals surface area contributed by atoms with Crippen LogP contribution in [0.4, 0.5) is 4.79 Å². The maximum Gasteiger partial charge on any atom is 0.335 e. The molecule has 2 amide bonds. The highest BCUT2D eigenvalue weighted by molar-refractivity contribution is 7.89. The van der Waals surface area contributed by atoms with E-state index in [1.54, 1.807) is 28.0 Å². The molecule has 33 heavy (non-hydrogen) atoms. The Bertz CT molecular complexity index is 1110. The van der Waals surface area contributed by atoms with Gasteiger partial charge in [0.15, 0.2) is 5.96 Å². The predicted molar refractivity (Wildman–Crippen MR) is 125 cm³/mol. The molecule has 0 bridgehead atoms. The largest absolute Gasteiger partial charge is 0.378 e. The number of sulfonamides is 1. The maximum atomic E-state index is 13.3. The Kier molecular flexibility index (Phi) is 7.01. The van der Waals surface area contributed by atoms with E-state index in [1.807, 2.05) is 24.3 Å². The summed E-state index contributed by atoms with van der Waals surface area (Å²) < 4.78 is 31.8. The van der Waals surface area contributed by atoms with Crippen LogP contribution < -0.4 is 10.6 Å². The van der Waals surface area contributed by atoms with Crippen molar-refractivity contribution in [3.8, 4) is 0 Å². The van der Waals surface area contributed by atoms with Gasteiger partial charge < -0.3 is 20.3 Å². The van der Waals surface area contributed by atoms with Gasteiger partial charge in [0.2, 0.25) is 0 Å². The fourth-order valence-electron chi connectivity index (χ4n) is 4.23. The lowest BCUT2D eigenvalue weighted by atomic mass is 9.97. The second-order valence-electron chi connectivity index (χ2n) is 8.41. The lowest BCUT2D eigenvalue weighted by Gasteiger charge is -2.37. The Labute approximate surface area is 193 Å². The number of ether oxygens (including phenoxy) is 1. The molecule has 178 valence electrons. The van der Waals surface area contributed by atoms with Crippen molar-refractivity contribution < 1.29 is 17.9 Å². The van der Waals surface area contributed by atoms with E-state index in [2.05, 4.69) is 4.83 Å². The third-order valence-corrected chi connectivity index (χ3v) is 7.51. The van der Waals surface area contributed by atoms with Crippen molar-refractivity contribution in [3.05, 3.63) is 42.5 Å². The molecule has 2 aromatic rings. The van der Waals surface area contributed by atoms with Crippen LogP contribution in [-0.4, -0.2) is 81.2 Å². The van der Waals surface area contributed by atoms with Crippen LogP contribution in [-0.2, 0) is 14.8 Å². The van der Waals surface area contributed by atoms with Gasteiger partial charge in [-0.3, -0.25) is 5.41 Å². The van der Waals surface area contributed by atoms with Gasteiger partial charge in [0.25, 0.3) is 10.0 Å². The zero-order valence-electron chi connectivity index (χ0n) is 18.4. The van der Waals surface area contributed by atoms with Crippen molar-refractivity contribution >= 4 is 32.8 Å². The molecule has 0 aliphatic carbocycles. The number of rotatable bonds is 5. The molecule has 4 rings (SSSR count). The summed E-state index contributed by atoms with van der Waals surface area (Å²) in [6, 6.07) is 12.1. The Morgan fingerprint density at radius 2 is 1.73 bits per heavy atom. The van der Waals surface area contributed by atoms with Crippen LogP contribution in [0.25, 0.3) is 10.8 Å². The lowest BCUT2D eigenvalue weighted by molar-refractivity contribution is 0.0385. The number of carbonyl (C=O) groups is 1. The fourth-order valence-corrected chi connectivity index (χ4v) is 5.30. The summed E-state index contributed by atoms with van der Waals surface area (Å²) in [7, 11) is -3.98. The number of nitrogens with one attached hydrogen (secondary N) is 2. The second kappa shape index (κ2) is 9.94. The summed E-state index contributed by atoms with van der Waals surface area (Å²) >= 11 is 0. The van der Waals surface area contributed by atoms with Crippen molar-refractivity contribution in [3.63, 3.8) is 0 Å². The Balaban J connectivity index is 1.53. The maximum absolute atomic E-state index is 13.3. The molecule has 2 heterocycles. The van der Waals surface area contributed by atoms with Gasteiger partial charge in [0.1, 0.15) is 0 Å². The molecule has 0 spiro atoms. The third kappa shape index (κ3) is 5.55. The summed E-state index contributed by atoms with van der Waals surface area (Å²) in [5.41, 5.74) is 5.58. The van der Waals surface area contributed by atoms with Gasteiger partial charge in [-0.25, -0.2) is 18.2 Å². The van der Waals surface area contributed by atoms with E-state index in [1.165, 1.54) is 5.01 Å². The average Bonchev–Trinajstić information content (AvgIpc) is 2.83. The molecule has 0 saturated carbocycles. The van der Waals surface area contributed by atoms with Gasteiger partial charge in [-0.05, 0) is 41.7 Å². The van der Waals surface area contributed by atoms with Gasteiger partial charge in [-0.1, -0.05) is 30.3 Å². The molecule has 0 atom stereocenters. The standard InChI is InChI=1S/C22H30N6O4S/c23-21(24)26-9-7-17(8-10-26)16-28(22(29)27-11-13-32-14-12-27)25-33(30,31)20-6-5-18-3-1-2-4-19(18)15-20/h1-6,15,17,25H,7-14,16H2,(H3,23,24). The summed E-state index contributed by atoms with van der Waals surface area (Å²) in [4.78, 5) is 19.3. The molecule has 11 heteroatoms. The zero-order valence-corrected chi connectivity index (χ0v) is 19.3. The van der Waals surface area contributed by atoms with Gasteiger partial charge in [0, 0.05) is 32.7 Å². The molecule has 2 aliphatic rings. The SMILES string of the molecule is N=C(N)N1CCC(CN(NS(=O)(=O)c2ccc3ccccc3c2)C(=O)N2CCOCC2)CC1. The first-order valence-electron chi connectivity index (χ1n) is 11.1. The Morgan fingerprint density at radius 3 is 2.39 bits per heavy atom. The quantitative estimate of drug-likeness (QED) is 0.341. The number of benzene rings is 2. The number of likely N-dealkylation sites (tertiary alicyclic amines) is 1. The van der Waals surface area contributed by atoms with E-state index in [4.69, 9.17) is 15.9 Å². The van der Waals surface area contributed by atoms with Crippen molar-refractivity contribution in [1.29, 1.82) is 5.41 Å². The topological polar surface area (TPSA) is 132 Å². The number of amides is 2. The summed E-state index contributed by atoms with van der Waals surface area (Å²) in [5.74, 6) is 0.122. The van der Waals surface area contributed by atoms with Crippen LogP contribution in [0.1, 0.15) is 12.8 Å². The molecule has 0 unspecified atom stereocenters. The van der Waals surface area contributed by atoms with E-state index in [9.17, 15) is 13.2 Å². The zero-order chi connectivity index (χ0) is 23.4. The molecule has 4 N–H and O–H groups in total. The van der Waals surface area contributed by atoms with Gasteiger partial charge in [-0.2, -0.15) is 0 Å². The lowest BCUT2D eigenvalue weighted by Crippen LogP contribution is -2.56. The first-order valence-corrected chi connectivity index (χ1v) is 12.6. The van der Waals surface area contributed by atoms with Crippen molar-refractivity contribution in [2.24, 2.45) is 11.7 Å². The number of guanidine groups is 1. The van der Waals surface area contributed by atoms with Crippen LogP contribution in [0.3, 0.4) is 0 Å². The van der Waals surface area contributed by atoms with Crippen molar-refractivity contribution in [2.75, 3.05) is 45.9 Å². The smallest absolute Gasteiger partial charge is 0.335 e. The first-order chi connectivity index (χ1) is 15.8. The number of nitrogens with two attached hydrogens (primary N) is 1. The number of nitrogens with zero attached hydrogens (tertiary/aromatic N) is 3. The van der Waals surface area contributed by atoms with Crippen LogP contribution in [0, 0.1) is 11.3 Å². The number of hydrogen-bond donors (Lipinski definition) is 3. The molecule has 10 nitrogen and oxygen atoms in total. The van der Waals surface area contributed by atoms with Gasteiger partial charge in [-0.15, -0.1) is 4.83 Å². The third-order valence-electron chi connectivity index (χ3n) is 6.17. The molecule has 0 aromatic heterocycles. The molecule has 2 aliphatic heterocycles. The number of carbonyl (C=O) groups excluding carboxylic acids is 1. The number of fused-ring (bicyclic) bond motifs is 1. The van der Waals surface area contributed by atoms with E-state index < -0.39 is 10.0 Å². The van der Waals surface area contributed by atoms with E-state index in [0.717, 1.165) is 10.8 Å². The minimum atomic E-state index is -3.98. The monoisotopic (exact) mass is 474 g/mol. The molecular weight excluding hydrogens is 444 g/mol. The van der Waals surface area contributed by atoms with Gasteiger partial charge in [0.05, 0.1) is 18.1 Å². The average molecular weight is 475 g/mol. The van der Waals surface area contributed by atoms with Crippen molar-refractivity contribution in [1.82, 2.24) is 19.6 Å². The minimum absolute atomic E-state index is 0.0340. The van der Waals surface area contributed by atoms with Crippen LogP contribution in [0.5, 0.6) is 0 Å². The highest BCUT2D eigenvalue weighted by Crippen LogP contribution is 2.21. The summed E-state index contributed by atoms with van der Waals surface area (Å²) in [6.45, 7) is 3.14. The van der Waals surface area contributed by atoms with Gasteiger partial charge >= 0.3 is 6.03 Å². The van der Waals surface area contributed by atoms with Crippen molar-refractivity contribution in [2.45, 2.75) is 17.7 Å². The Hall–Kier alpha value is -2.89. The van der Waals surface area contributed by atoms with E-state index >= 15 is 0 Å². The molecule has 2 fully saturated rings. The molecule has 0 radical (unpaired) electrons. The number of urea groups is 1. The van der Waals surface area contributed by atoms with Crippen LogP contribution in [0.15, 0.2) is 47.4 Å². The molecular formula is C22H30N6O4S. The Morgan fingerprint density at radius 1 is 1.06 bits per heavy atom. The molecule has 2 saturated heterocycles. The van der Waals surface area contributed by atoms with Crippen LogP contribution >= 0.6 is 0 Å². The number of hydrazine groups is 1.